The molecule has 1 heterocycles. The molecule has 0 unspecified atom stereocenters. The summed E-state index contributed by atoms with van der Waals surface area (Å²) in [7, 11) is 0. The number of ether oxygens (including phenoxy) is 1. The topological polar surface area (TPSA) is 58.6 Å². The predicted molar refractivity (Wildman–Crippen MR) is 80.9 cm³/mol. The van der Waals surface area contributed by atoms with E-state index >= 15 is 0 Å². The zero-order chi connectivity index (χ0) is 17.2. The Labute approximate surface area is 133 Å². The minimum atomic E-state index is -1.04. The Morgan fingerprint density at radius 2 is 1.96 bits per heavy atom. The van der Waals surface area contributed by atoms with Gasteiger partial charge in [0.05, 0.1) is 0 Å². The fourth-order valence-corrected chi connectivity index (χ4v) is 2.38. The summed E-state index contributed by atoms with van der Waals surface area (Å²) in [5, 5.41) is 2.50. The molecule has 1 atom stereocenters. The highest BCUT2D eigenvalue weighted by atomic mass is 19.2. The van der Waals surface area contributed by atoms with Crippen LogP contribution in [-0.2, 0) is 9.53 Å². The Kier molecular flexibility index (Phi) is 4.87. The molecule has 0 bridgehead atoms. The number of anilines is 1. The number of halogens is 2. The average Bonchev–Trinajstić information content (AvgIpc) is 2.90. The first-order valence-corrected chi connectivity index (χ1v) is 7.43. The van der Waals surface area contributed by atoms with E-state index in [0.717, 1.165) is 12.1 Å². The van der Waals surface area contributed by atoms with Crippen LogP contribution in [0.4, 0.5) is 19.3 Å². The molecular formula is C16H20F2N2O3. The molecule has 1 fully saturated rings. The van der Waals surface area contributed by atoms with Crippen molar-refractivity contribution in [2.24, 2.45) is 0 Å². The van der Waals surface area contributed by atoms with Gasteiger partial charge in [-0.05, 0) is 45.7 Å². The van der Waals surface area contributed by atoms with Crippen molar-refractivity contribution >= 4 is 17.7 Å². The van der Waals surface area contributed by atoms with Crippen LogP contribution in [0, 0.1) is 11.6 Å². The monoisotopic (exact) mass is 326 g/mol. The number of nitrogens with one attached hydrogen (secondary N) is 1. The van der Waals surface area contributed by atoms with Crippen molar-refractivity contribution in [3.63, 3.8) is 0 Å². The Bertz CT molecular complexity index is 614. The number of amides is 2. The molecule has 0 spiro atoms. The molecule has 23 heavy (non-hydrogen) atoms. The van der Waals surface area contributed by atoms with Gasteiger partial charge in [-0.2, -0.15) is 0 Å². The highest BCUT2D eigenvalue weighted by molar-refractivity contribution is 5.96. The van der Waals surface area contributed by atoms with Gasteiger partial charge in [0, 0.05) is 18.3 Å². The molecule has 1 aromatic carbocycles. The molecule has 0 saturated carbocycles. The first-order valence-electron chi connectivity index (χ1n) is 7.43. The minimum Gasteiger partial charge on any atom is -0.444 e. The number of benzene rings is 1. The van der Waals surface area contributed by atoms with Crippen molar-refractivity contribution < 1.29 is 23.1 Å². The Balaban J connectivity index is 2.05. The van der Waals surface area contributed by atoms with Gasteiger partial charge in [0.25, 0.3) is 0 Å². The number of hydrogen-bond acceptors (Lipinski definition) is 3. The van der Waals surface area contributed by atoms with Crippen molar-refractivity contribution in [3.8, 4) is 0 Å². The number of hydrogen-bond donors (Lipinski definition) is 1. The van der Waals surface area contributed by atoms with E-state index in [1.807, 2.05) is 0 Å². The van der Waals surface area contributed by atoms with Crippen molar-refractivity contribution in [2.45, 2.75) is 45.3 Å². The summed E-state index contributed by atoms with van der Waals surface area (Å²) in [6, 6.07) is 2.42. The second-order valence-corrected chi connectivity index (χ2v) is 6.45. The van der Waals surface area contributed by atoms with E-state index in [2.05, 4.69) is 5.32 Å². The smallest absolute Gasteiger partial charge is 0.410 e. The standard InChI is InChI=1S/C16H20F2N2O3/c1-16(2,3)23-15(22)20-8-4-5-13(20)14(21)19-10-6-7-11(17)12(18)9-10/h6-7,9,13H,4-5,8H2,1-3H3,(H,19,21)/t13-/m1/s1. The fourth-order valence-electron chi connectivity index (χ4n) is 2.38. The molecule has 2 rings (SSSR count). The maximum atomic E-state index is 13.2. The second-order valence-electron chi connectivity index (χ2n) is 6.45. The van der Waals surface area contributed by atoms with E-state index in [9.17, 15) is 18.4 Å². The Morgan fingerprint density at radius 1 is 1.26 bits per heavy atom. The second kappa shape index (κ2) is 6.52. The van der Waals surface area contributed by atoms with Crippen LogP contribution in [0.5, 0.6) is 0 Å². The van der Waals surface area contributed by atoms with Crippen LogP contribution in [-0.4, -0.2) is 35.1 Å². The minimum absolute atomic E-state index is 0.143. The van der Waals surface area contributed by atoms with Crippen LogP contribution >= 0.6 is 0 Å². The molecule has 2 amide bonds. The molecule has 7 heteroatoms. The summed E-state index contributed by atoms with van der Waals surface area (Å²) >= 11 is 0. The van der Waals surface area contributed by atoms with Crippen LogP contribution in [0.25, 0.3) is 0 Å². The summed E-state index contributed by atoms with van der Waals surface area (Å²) in [5.41, 5.74) is -0.509. The normalized spacial score (nSPS) is 18.0. The van der Waals surface area contributed by atoms with Crippen molar-refractivity contribution in [3.05, 3.63) is 29.8 Å². The summed E-state index contributed by atoms with van der Waals surface area (Å²) in [6.45, 7) is 5.66. The van der Waals surface area contributed by atoms with Gasteiger partial charge in [-0.3, -0.25) is 9.69 Å². The van der Waals surface area contributed by atoms with Gasteiger partial charge < -0.3 is 10.1 Å². The van der Waals surface area contributed by atoms with E-state index in [1.54, 1.807) is 20.8 Å². The molecule has 1 aromatic rings. The van der Waals surface area contributed by atoms with E-state index in [0.29, 0.717) is 19.4 Å². The number of carbonyl (C=O) groups excluding carboxylic acids is 2. The summed E-state index contributed by atoms with van der Waals surface area (Å²) in [6.07, 6.45) is 0.615. The fraction of sp³-hybridized carbons (Fsp3) is 0.500. The molecule has 0 radical (unpaired) electrons. The average molecular weight is 326 g/mol. The largest absolute Gasteiger partial charge is 0.444 e. The first kappa shape index (κ1) is 17.2. The molecule has 1 saturated heterocycles. The van der Waals surface area contributed by atoms with E-state index in [4.69, 9.17) is 4.74 Å². The first-order chi connectivity index (χ1) is 10.7. The van der Waals surface area contributed by atoms with Gasteiger partial charge in [0.15, 0.2) is 11.6 Å². The predicted octanol–water partition coefficient (Wildman–Crippen LogP) is 3.30. The third kappa shape index (κ3) is 4.40. The zero-order valence-electron chi connectivity index (χ0n) is 13.4. The number of nitrogens with zero attached hydrogens (tertiary/aromatic N) is 1. The molecule has 0 aromatic heterocycles. The molecule has 1 N–H and O–H groups in total. The lowest BCUT2D eigenvalue weighted by molar-refractivity contribution is -0.120. The highest BCUT2D eigenvalue weighted by Gasteiger charge is 2.36. The van der Waals surface area contributed by atoms with E-state index in [-0.39, 0.29) is 5.69 Å². The number of likely N-dealkylation sites (tertiary alicyclic amines) is 1. The lowest BCUT2D eigenvalue weighted by atomic mass is 10.2. The van der Waals surface area contributed by atoms with Crippen LogP contribution in [0.1, 0.15) is 33.6 Å². The third-order valence-electron chi connectivity index (χ3n) is 3.37. The molecule has 1 aliphatic heterocycles. The maximum Gasteiger partial charge on any atom is 0.410 e. The lowest BCUT2D eigenvalue weighted by Crippen LogP contribution is -2.45. The number of carbonyl (C=O) groups is 2. The summed E-state index contributed by atoms with van der Waals surface area (Å²) < 4.78 is 31.4. The molecule has 5 nitrogen and oxygen atoms in total. The zero-order valence-corrected chi connectivity index (χ0v) is 13.4. The Hall–Kier alpha value is -2.18. The SMILES string of the molecule is CC(C)(C)OC(=O)N1CCC[C@@H]1C(=O)Nc1ccc(F)c(F)c1. The lowest BCUT2D eigenvalue weighted by Gasteiger charge is -2.28. The molecular weight excluding hydrogens is 306 g/mol. The van der Waals surface area contributed by atoms with Gasteiger partial charge in [-0.25, -0.2) is 13.6 Å². The van der Waals surface area contributed by atoms with E-state index in [1.165, 1.54) is 11.0 Å². The van der Waals surface area contributed by atoms with Crippen molar-refractivity contribution in [1.82, 2.24) is 4.90 Å². The molecule has 126 valence electrons. The van der Waals surface area contributed by atoms with Crippen molar-refractivity contribution in [2.75, 3.05) is 11.9 Å². The molecule has 0 aliphatic carbocycles. The van der Waals surface area contributed by atoms with Crippen molar-refractivity contribution in [1.29, 1.82) is 0 Å². The number of rotatable bonds is 2. The van der Waals surface area contributed by atoms with Crippen LogP contribution in [0.3, 0.4) is 0 Å². The van der Waals surface area contributed by atoms with Crippen LogP contribution in [0.2, 0.25) is 0 Å². The molecule has 1 aliphatic rings. The van der Waals surface area contributed by atoms with Gasteiger partial charge in [-0.1, -0.05) is 0 Å². The van der Waals surface area contributed by atoms with Crippen LogP contribution < -0.4 is 5.32 Å². The van der Waals surface area contributed by atoms with Crippen LogP contribution in [0.15, 0.2) is 18.2 Å². The summed E-state index contributed by atoms with van der Waals surface area (Å²) in [4.78, 5) is 25.8. The Morgan fingerprint density at radius 3 is 2.57 bits per heavy atom. The van der Waals surface area contributed by atoms with E-state index < -0.39 is 35.3 Å². The third-order valence-corrected chi connectivity index (χ3v) is 3.37. The van der Waals surface area contributed by atoms with Gasteiger partial charge in [-0.15, -0.1) is 0 Å². The van der Waals surface area contributed by atoms with Gasteiger partial charge >= 0.3 is 6.09 Å². The highest BCUT2D eigenvalue weighted by Crippen LogP contribution is 2.22. The van der Waals surface area contributed by atoms with Gasteiger partial charge in [0.1, 0.15) is 11.6 Å². The summed E-state index contributed by atoms with van der Waals surface area (Å²) in [5.74, 6) is -2.48. The van der Waals surface area contributed by atoms with Gasteiger partial charge in [0.2, 0.25) is 5.91 Å². The maximum absolute atomic E-state index is 13.2. The quantitative estimate of drug-likeness (QED) is 0.907.